The van der Waals surface area contributed by atoms with Crippen LogP contribution in [0.15, 0.2) is 43.0 Å². The van der Waals surface area contributed by atoms with E-state index in [0.717, 1.165) is 47.1 Å². The predicted octanol–water partition coefficient (Wildman–Crippen LogP) is 3.92. The molecular weight excluding hydrogens is 428 g/mol. The van der Waals surface area contributed by atoms with Crippen molar-refractivity contribution in [1.29, 1.82) is 0 Å². The van der Waals surface area contributed by atoms with Gasteiger partial charge in [-0.25, -0.2) is 9.97 Å². The first-order valence-electron chi connectivity index (χ1n) is 11.0. The molecule has 7 nitrogen and oxygen atoms in total. The Hall–Kier alpha value is -2.32. The van der Waals surface area contributed by atoms with Gasteiger partial charge in [-0.1, -0.05) is 23.7 Å². The predicted molar refractivity (Wildman–Crippen MR) is 121 cm³/mol. The third kappa shape index (κ3) is 3.44. The van der Waals surface area contributed by atoms with Gasteiger partial charge in [0, 0.05) is 29.9 Å². The maximum Gasteiger partial charge on any atom is 0.164 e. The van der Waals surface area contributed by atoms with Crippen molar-refractivity contribution < 1.29 is 14.2 Å². The molecule has 8 heteroatoms. The molecular formula is C24H25ClN4O3. The number of hydrogen-bond donors (Lipinski definition) is 0. The zero-order valence-corrected chi connectivity index (χ0v) is 18.8. The van der Waals surface area contributed by atoms with Gasteiger partial charge in [0.2, 0.25) is 0 Å². The van der Waals surface area contributed by atoms with Crippen molar-refractivity contribution in [2.24, 2.45) is 0 Å². The molecule has 2 fully saturated rings. The number of benzene rings is 1. The van der Waals surface area contributed by atoms with E-state index in [2.05, 4.69) is 38.1 Å². The van der Waals surface area contributed by atoms with Crippen LogP contribution in [0.5, 0.6) is 0 Å². The largest absolute Gasteiger partial charge is 0.371 e. The molecule has 2 aromatic heterocycles. The summed E-state index contributed by atoms with van der Waals surface area (Å²) in [5, 5.41) is 2.82. The fourth-order valence-corrected chi connectivity index (χ4v) is 5.53. The fraction of sp³-hybridized carbons (Fsp3) is 0.458. The van der Waals surface area contributed by atoms with Crippen LogP contribution in [0.2, 0.25) is 5.15 Å². The average Bonchev–Trinajstić information content (AvgIpc) is 3.44. The van der Waals surface area contributed by atoms with E-state index in [-0.39, 0.29) is 24.4 Å². The van der Waals surface area contributed by atoms with Crippen molar-refractivity contribution in [1.82, 2.24) is 15.0 Å². The first kappa shape index (κ1) is 20.3. The molecule has 6 rings (SSSR count). The number of fused-ring (bicyclic) bond motifs is 3. The average molecular weight is 453 g/mol. The first-order chi connectivity index (χ1) is 15.5. The van der Waals surface area contributed by atoms with E-state index in [9.17, 15) is 0 Å². The van der Waals surface area contributed by atoms with Crippen LogP contribution in [0, 0.1) is 0 Å². The van der Waals surface area contributed by atoms with Gasteiger partial charge in [0.1, 0.15) is 29.5 Å². The summed E-state index contributed by atoms with van der Waals surface area (Å²) in [6, 6.07) is 8.48. The third-order valence-electron chi connectivity index (χ3n) is 6.70. The number of pyridine rings is 1. The monoisotopic (exact) mass is 452 g/mol. The summed E-state index contributed by atoms with van der Waals surface area (Å²) >= 11 is 6.32. The van der Waals surface area contributed by atoms with Crippen LogP contribution in [0.1, 0.15) is 31.4 Å². The van der Waals surface area contributed by atoms with E-state index >= 15 is 0 Å². The second kappa shape index (κ2) is 7.63. The zero-order valence-electron chi connectivity index (χ0n) is 18.1. The summed E-state index contributed by atoms with van der Waals surface area (Å²) in [6.07, 6.45) is 6.59. The Bertz CT molecular complexity index is 1170. The van der Waals surface area contributed by atoms with Crippen LogP contribution >= 0.6 is 11.6 Å². The van der Waals surface area contributed by atoms with Crippen LogP contribution in [0.25, 0.3) is 10.8 Å². The number of ether oxygens (including phenoxy) is 3. The molecule has 0 radical (unpaired) electrons. The molecule has 2 aliphatic heterocycles. The lowest BCUT2D eigenvalue weighted by molar-refractivity contribution is -0.168. The van der Waals surface area contributed by atoms with Gasteiger partial charge in [-0.2, -0.15) is 0 Å². The Morgan fingerprint density at radius 1 is 1.16 bits per heavy atom. The van der Waals surface area contributed by atoms with Gasteiger partial charge in [0.05, 0.1) is 18.8 Å². The van der Waals surface area contributed by atoms with Crippen LogP contribution in [-0.2, 0) is 27.2 Å². The first-order valence-corrected chi connectivity index (χ1v) is 11.4. The third-order valence-corrected chi connectivity index (χ3v) is 7.02. The molecule has 3 aliphatic rings. The van der Waals surface area contributed by atoms with Crippen molar-refractivity contribution in [2.45, 2.75) is 63.4 Å². The summed E-state index contributed by atoms with van der Waals surface area (Å²) in [7, 11) is 0. The Morgan fingerprint density at radius 2 is 2.03 bits per heavy atom. The summed E-state index contributed by atoms with van der Waals surface area (Å²) < 4.78 is 19.1. The van der Waals surface area contributed by atoms with Gasteiger partial charge in [-0.15, -0.1) is 0 Å². The molecule has 0 spiro atoms. The maximum atomic E-state index is 6.44. The molecule has 1 aromatic carbocycles. The smallest absolute Gasteiger partial charge is 0.164 e. The van der Waals surface area contributed by atoms with Crippen LogP contribution in [-0.4, -0.2) is 51.6 Å². The quantitative estimate of drug-likeness (QED) is 0.555. The number of rotatable bonds is 4. The molecule has 166 valence electrons. The molecule has 4 heterocycles. The lowest BCUT2D eigenvalue weighted by Gasteiger charge is -2.31. The molecule has 0 unspecified atom stereocenters. The molecule has 1 saturated carbocycles. The fourth-order valence-electron chi connectivity index (χ4n) is 5.31. The molecule has 0 N–H and O–H groups in total. The maximum absolute atomic E-state index is 6.44. The number of aromatic nitrogens is 3. The Kier molecular flexibility index (Phi) is 4.84. The van der Waals surface area contributed by atoms with E-state index in [4.69, 9.17) is 25.8 Å². The van der Waals surface area contributed by atoms with Crippen molar-refractivity contribution in [3.63, 3.8) is 0 Å². The molecule has 32 heavy (non-hydrogen) atoms. The number of halogens is 1. The van der Waals surface area contributed by atoms with Crippen molar-refractivity contribution in [3.8, 4) is 0 Å². The molecule has 1 saturated heterocycles. The van der Waals surface area contributed by atoms with Gasteiger partial charge in [-0.05, 0) is 49.8 Å². The van der Waals surface area contributed by atoms with Gasteiger partial charge < -0.3 is 19.1 Å². The highest BCUT2D eigenvalue weighted by atomic mass is 35.5. The minimum absolute atomic E-state index is 0.0683. The standard InChI is InChI=1S/C24H25ClN4O3/c1-24(2)31-20-18(29-8-6-17-22(25)27-13-28-23(17)29)10-19(21(20)32-24)30-12-14-3-4-16-11-26-7-5-15(16)9-14/h3-5,7,9,11,13,18-21H,6,8,10,12H2,1-2H3/t18-,19+,20+,21-/m1/s1. The number of nitrogens with zero attached hydrogens (tertiary/aromatic N) is 4. The second-order valence-corrected chi connectivity index (χ2v) is 9.54. The van der Waals surface area contributed by atoms with Crippen LogP contribution < -0.4 is 4.90 Å². The highest BCUT2D eigenvalue weighted by molar-refractivity contribution is 6.30. The summed E-state index contributed by atoms with van der Waals surface area (Å²) in [6.45, 7) is 5.30. The lowest BCUT2D eigenvalue weighted by Crippen LogP contribution is -2.43. The molecule has 1 aliphatic carbocycles. The van der Waals surface area contributed by atoms with Crippen molar-refractivity contribution >= 4 is 28.2 Å². The van der Waals surface area contributed by atoms with E-state index in [1.54, 1.807) is 0 Å². The number of anilines is 1. The summed E-state index contributed by atoms with van der Waals surface area (Å²) in [5.41, 5.74) is 2.15. The minimum Gasteiger partial charge on any atom is -0.371 e. The lowest BCUT2D eigenvalue weighted by atomic mass is 10.1. The Balaban J connectivity index is 1.24. The van der Waals surface area contributed by atoms with Crippen molar-refractivity contribution in [3.05, 3.63) is 59.3 Å². The van der Waals surface area contributed by atoms with Gasteiger partial charge >= 0.3 is 0 Å². The summed E-state index contributed by atoms with van der Waals surface area (Å²) in [4.78, 5) is 15.2. The number of hydrogen-bond acceptors (Lipinski definition) is 7. The Labute approximate surface area is 191 Å². The van der Waals surface area contributed by atoms with E-state index in [1.807, 2.05) is 32.3 Å². The molecule has 0 bridgehead atoms. The topological polar surface area (TPSA) is 69.6 Å². The van der Waals surface area contributed by atoms with Gasteiger partial charge in [0.15, 0.2) is 5.79 Å². The summed E-state index contributed by atoms with van der Waals surface area (Å²) in [5.74, 6) is 0.267. The Morgan fingerprint density at radius 3 is 2.94 bits per heavy atom. The molecule has 4 atom stereocenters. The zero-order chi connectivity index (χ0) is 21.9. The molecule has 0 amide bonds. The van der Waals surface area contributed by atoms with E-state index in [0.29, 0.717) is 11.8 Å². The van der Waals surface area contributed by atoms with Crippen LogP contribution in [0.4, 0.5) is 5.82 Å². The van der Waals surface area contributed by atoms with Crippen molar-refractivity contribution in [2.75, 3.05) is 11.4 Å². The van der Waals surface area contributed by atoms with Gasteiger partial charge in [-0.3, -0.25) is 4.98 Å². The second-order valence-electron chi connectivity index (χ2n) is 9.18. The van der Waals surface area contributed by atoms with E-state index < -0.39 is 5.79 Å². The SMILES string of the molecule is CC1(C)O[C@@H]2[C@H](O1)[C@@H](OCc1ccc3cnccc3c1)C[C@H]2N1CCc2c(Cl)ncnc21. The minimum atomic E-state index is -0.641. The highest BCUT2D eigenvalue weighted by Gasteiger charge is 2.57. The van der Waals surface area contributed by atoms with E-state index in [1.165, 1.54) is 6.33 Å². The van der Waals surface area contributed by atoms with Gasteiger partial charge in [0.25, 0.3) is 0 Å². The normalized spacial score (nSPS) is 28.3. The molecule has 3 aromatic rings. The highest BCUT2D eigenvalue weighted by Crippen LogP contribution is 2.44. The van der Waals surface area contributed by atoms with Crippen LogP contribution in [0.3, 0.4) is 0 Å².